The standard InChI is InChI=1S/C20H26F4O6Si/c1-4-15(25)28-31(29-16(26)5-2,30-17(27)6-3)11-9-7-8-10-13-12-14(21)19(23)20(24)18(13)22/h12H,4-11H2,1-3H3. The second-order valence-corrected chi connectivity index (χ2v) is 9.16. The average Bonchev–Trinajstić information content (AvgIpc) is 2.74. The molecule has 0 aliphatic carbocycles. The topological polar surface area (TPSA) is 78.9 Å². The lowest BCUT2D eigenvalue weighted by atomic mass is 10.1. The number of aryl methyl sites for hydroxylation is 1. The first-order chi connectivity index (χ1) is 14.6. The van der Waals surface area contributed by atoms with E-state index in [0.29, 0.717) is 12.5 Å². The maximum atomic E-state index is 13.7. The van der Waals surface area contributed by atoms with Crippen LogP contribution in [0.4, 0.5) is 17.6 Å². The van der Waals surface area contributed by atoms with E-state index in [-0.39, 0.29) is 50.1 Å². The van der Waals surface area contributed by atoms with Gasteiger partial charge in [-0.25, -0.2) is 17.6 Å². The second kappa shape index (κ2) is 12.4. The molecule has 0 aromatic heterocycles. The van der Waals surface area contributed by atoms with Crippen molar-refractivity contribution in [3.8, 4) is 0 Å². The van der Waals surface area contributed by atoms with Gasteiger partial charge in [-0.2, -0.15) is 0 Å². The molecule has 0 atom stereocenters. The third-order valence-electron chi connectivity index (χ3n) is 4.28. The Morgan fingerprint density at radius 2 is 1.23 bits per heavy atom. The highest BCUT2D eigenvalue weighted by atomic mass is 28.4. The Bertz CT molecular complexity index is 757. The molecule has 0 N–H and O–H groups in total. The molecule has 1 rings (SSSR count). The monoisotopic (exact) mass is 466 g/mol. The number of benzene rings is 1. The van der Waals surface area contributed by atoms with Gasteiger partial charge in [-0.15, -0.1) is 0 Å². The lowest BCUT2D eigenvalue weighted by Crippen LogP contribution is -2.50. The van der Waals surface area contributed by atoms with Gasteiger partial charge in [0.25, 0.3) is 17.9 Å². The summed E-state index contributed by atoms with van der Waals surface area (Å²) in [6.07, 6.45) is 0.690. The van der Waals surface area contributed by atoms with E-state index >= 15 is 0 Å². The number of hydrogen-bond donors (Lipinski definition) is 0. The zero-order valence-electron chi connectivity index (χ0n) is 17.7. The van der Waals surface area contributed by atoms with Crippen molar-refractivity contribution in [3.05, 3.63) is 34.9 Å². The van der Waals surface area contributed by atoms with Crippen LogP contribution >= 0.6 is 0 Å². The molecule has 6 nitrogen and oxygen atoms in total. The summed E-state index contributed by atoms with van der Waals surface area (Å²) in [4.78, 5) is 35.6. The smallest absolute Gasteiger partial charge is 0.455 e. The van der Waals surface area contributed by atoms with Gasteiger partial charge in [-0.05, 0) is 30.9 Å². The van der Waals surface area contributed by atoms with Crippen LogP contribution in [-0.4, -0.2) is 26.7 Å². The summed E-state index contributed by atoms with van der Waals surface area (Å²) in [5.74, 6) is -8.76. The van der Waals surface area contributed by atoms with Crippen LogP contribution in [0.2, 0.25) is 6.04 Å². The lowest BCUT2D eigenvalue weighted by molar-refractivity contribution is -0.150. The van der Waals surface area contributed by atoms with Crippen LogP contribution < -0.4 is 0 Å². The van der Waals surface area contributed by atoms with Crippen molar-refractivity contribution in [3.63, 3.8) is 0 Å². The van der Waals surface area contributed by atoms with Gasteiger partial charge in [-0.1, -0.05) is 27.2 Å². The SMILES string of the molecule is CCC(=O)O[Si](CCCCCc1cc(F)c(F)c(F)c1F)(OC(=O)CC)OC(=O)CC. The van der Waals surface area contributed by atoms with Gasteiger partial charge in [-0.3, -0.25) is 14.4 Å². The van der Waals surface area contributed by atoms with E-state index < -0.39 is 50.0 Å². The first kappa shape index (κ1) is 26.6. The second-order valence-electron chi connectivity index (χ2n) is 6.69. The predicted octanol–water partition coefficient (Wildman–Crippen LogP) is 4.75. The van der Waals surface area contributed by atoms with Crippen molar-refractivity contribution < 1.29 is 45.2 Å². The lowest BCUT2D eigenvalue weighted by Gasteiger charge is -2.27. The summed E-state index contributed by atoms with van der Waals surface area (Å²) < 4.78 is 69.2. The van der Waals surface area contributed by atoms with E-state index in [1.165, 1.54) is 20.8 Å². The molecule has 0 saturated heterocycles. The summed E-state index contributed by atoms with van der Waals surface area (Å²) in [5.41, 5.74) is -0.313. The number of carbonyl (C=O) groups is 3. The van der Waals surface area contributed by atoms with Crippen molar-refractivity contribution in [1.82, 2.24) is 0 Å². The molecule has 0 heterocycles. The van der Waals surface area contributed by atoms with E-state index in [0.717, 1.165) is 0 Å². The van der Waals surface area contributed by atoms with E-state index in [4.69, 9.17) is 13.3 Å². The third-order valence-corrected chi connectivity index (χ3v) is 6.86. The van der Waals surface area contributed by atoms with Gasteiger partial charge in [0.15, 0.2) is 23.3 Å². The number of halogens is 4. The third kappa shape index (κ3) is 7.96. The first-order valence-corrected chi connectivity index (χ1v) is 12.0. The highest BCUT2D eigenvalue weighted by molar-refractivity contribution is 6.65. The Kier molecular flexibility index (Phi) is 10.7. The summed E-state index contributed by atoms with van der Waals surface area (Å²) in [6, 6.07) is 0.548. The minimum Gasteiger partial charge on any atom is -0.455 e. The predicted molar refractivity (Wildman–Crippen MR) is 104 cm³/mol. The Hall–Kier alpha value is -2.43. The molecule has 31 heavy (non-hydrogen) atoms. The molecule has 0 fully saturated rings. The molecule has 0 unspecified atom stereocenters. The molecule has 0 spiro atoms. The largest absolute Gasteiger partial charge is 0.705 e. The molecule has 0 aliphatic heterocycles. The Morgan fingerprint density at radius 3 is 1.68 bits per heavy atom. The molecule has 0 aliphatic rings. The van der Waals surface area contributed by atoms with Crippen molar-refractivity contribution in [2.24, 2.45) is 0 Å². The highest BCUT2D eigenvalue weighted by Crippen LogP contribution is 2.24. The van der Waals surface area contributed by atoms with Gasteiger partial charge in [0.2, 0.25) is 0 Å². The summed E-state index contributed by atoms with van der Waals surface area (Å²) in [5, 5.41) is 0. The van der Waals surface area contributed by atoms with E-state index in [1.807, 2.05) is 0 Å². The van der Waals surface area contributed by atoms with Crippen molar-refractivity contribution in [1.29, 1.82) is 0 Å². The van der Waals surface area contributed by atoms with Crippen LogP contribution in [0, 0.1) is 23.3 Å². The molecule has 174 valence electrons. The number of carbonyl (C=O) groups excluding carboxylic acids is 3. The summed E-state index contributed by atoms with van der Waals surface area (Å²) in [7, 11) is -4.01. The van der Waals surface area contributed by atoms with Gasteiger partial charge in [0.1, 0.15) is 0 Å². The minimum absolute atomic E-state index is 0.0247. The van der Waals surface area contributed by atoms with Crippen LogP contribution in [0.5, 0.6) is 0 Å². The molecule has 0 bridgehead atoms. The zero-order chi connectivity index (χ0) is 23.6. The molecule has 0 amide bonds. The Labute approximate surface area is 179 Å². The molecular weight excluding hydrogens is 440 g/mol. The minimum atomic E-state index is -4.01. The summed E-state index contributed by atoms with van der Waals surface area (Å²) >= 11 is 0. The van der Waals surface area contributed by atoms with Gasteiger partial charge in [0.05, 0.1) is 6.04 Å². The number of hydrogen-bond acceptors (Lipinski definition) is 6. The number of rotatable bonds is 12. The van der Waals surface area contributed by atoms with E-state index in [9.17, 15) is 31.9 Å². The molecular formula is C20H26F4O6Si. The van der Waals surface area contributed by atoms with Gasteiger partial charge in [0, 0.05) is 19.3 Å². The Balaban J connectivity index is 2.84. The van der Waals surface area contributed by atoms with Crippen LogP contribution in [0.3, 0.4) is 0 Å². The van der Waals surface area contributed by atoms with Gasteiger partial charge < -0.3 is 13.3 Å². The normalized spacial score (nSPS) is 11.2. The Morgan fingerprint density at radius 1 is 0.742 bits per heavy atom. The fourth-order valence-corrected chi connectivity index (χ4v) is 5.18. The zero-order valence-corrected chi connectivity index (χ0v) is 18.7. The van der Waals surface area contributed by atoms with Crippen molar-refractivity contribution in [2.75, 3.05) is 0 Å². The first-order valence-electron chi connectivity index (χ1n) is 10.1. The van der Waals surface area contributed by atoms with Crippen molar-refractivity contribution in [2.45, 2.75) is 71.8 Å². The van der Waals surface area contributed by atoms with Crippen LogP contribution in [0.25, 0.3) is 0 Å². The van der Waals surface area contributed by atoms with Crippen LogP contribution in [-0.2, 0) is 34.1 Å². The number of unbranched alkanes of at least 4 members (excludes halogenated alkanes) is 2. The maximum absolute atomic E-state index is 13.7. The maximum Gasteiger partial charge on any atom is 0.705 e. The molecule has 0 radical (unpaired) electrons. The highest BCUT2D eigenvalue weighted by Gasteiger charge is 2.52. The van der Waals surface area contributed by atoms with E-state index in [1.54, 1.807) is 0 Å². The van der Waals surface area contributed by atoms with Crippen molar-refractivity contribution >= 4 is 26.7 Å². The van der Waals surface area contributed by atoms with Crippen LogP contribution in [0.15, 0.2) is 6.07 Å². The fraction of sp³-hybridized carbons (Fsp3) is 0.550. The van der Waals surface area contributed by atoms with Crippen LogP contribution in [0.1, 0.15) is 64.9 Å². The molecule has 1 aromatic rings. The van der Waals surface area contributed by atoms with E-state index in [2.05, 4.69) is 0 Å². The quantitative estimate of drug-likeness (QED) is 0.145. The van der Waals surface area contributed by atoms with Gasteiger partial charge >= 0.3 is 8.80 Å². The molecule has 11 heteroatoms. The molecule has 0 saturated carbocycles. The molecule has 1 aromatic carbocycles. The average molecular weight is 467 g/mol. The summed E-state index contributed by atoms with van der Waals surface area (Å²) in [6.45, 7) is 4.58. The fourth-order valence-electron chi connectivity index (χ4n) is 2.59.